The largest absolute Gasteiger partial charge is 0.249 e. The number of hydrogen-bond donors (Lipinski definition) is 1. The molecule has 0 radical (unpaired) electrons. The van der Waals surface area contributed by atoms with Gasteiger partial charge in [0.25, 0.3) is 0 Å². The van der Waals surface area contributed by atoms with Gasteiger partial charge in [0.1, 0.15) is 24.6 Å². The van der Waals surface area contributed by atoms with E-state index in [4.69, 9.17) is 23.2 Å². The molecule has 0 aliphatic carbocycles. The van der Waals surface area contributed by atoms with Crippen molar-refractivity contribution in [3.63, 3.8) is 0 Å². The van der Waals surface area contributed by atoms with Crippen molar-refractivity contribution in [1.29, 1.82) is 0 Å². The van der Waals surface area contributed by atoms with Crippen LogP contribution in [0.25, 0.3) is 5.69 Å². The highest BCUT2D eigenvalue weighted by molar-refractivity contribution is 7.80. The van der Waals surface area contributed by atoms with E-state index in [0.29, 0.717) is 14.9 Å². The van der Waals surface area contributed by atoms with Gasteiger partial charge in [-0.05, 0) is 43.5 Å². The maximum atomic E-state index is 6.18. The molecule has 0 saturated carbocycles. The minimum Gasteiger partial charge on any atom is -0.232 e. The first-order valence-electron chi connectivity index (χ1n) is 7.67. The summed E-state index contributed by atoms with van der Waals surface area (Å²) in [6.45, 7) is 7.27. The van der Waals surface area contributed by atoms with Crippen LogP contribution >= 0.6 is 35.8 Å². The zero-order chi connectivity index (χ0) is 17.4. The lowest BCUT2D eigenvalue weighted by Gasteiger charge is -2.09. The Morgan fingerprint density at radius 1 is 1.04 bits per heavy atom. The molecular weight excluding hydrogens is 359 g/mol. The average molecular weight is 378 g/mol. The molecule has 3 aromatic rings. The monoisotopic (exact) mass is 377 g/mol. The number of aryl methyl sites for hydroxylation is 3. The van der Waals surface area contributed by atoms with Crippen LogP contribution < -0.4 is 4.57 Å². The van der Waals surface area contributed by atoms with E-state index in [1.165, 1.54) is 22.3 Å². The molecule has 1 heterocycles. The van der Waals surface area contributed by atoms with E-state index >= 15 is 0 Å². The normalized spacial score (nSPS) is 11.1. The van der Waals surface area contributed by atoms with E-state index in [0.717, 1.165) is 12.2 Å². The van der Waals surface area contributed by atoms with E-state index in [1.54, 1.807) is 6.07 Å². The molecule has 3 rings (SSSR count). The minimum atomic E-state index is 0.548. The molecule has 0 aliphatic heterocycles. The predicted molar refractivity (Wildman–Crippen MR) is 103 cm³/mol. The van der Waals surface area contributed by atoms with Crippen molar-refractivity contribution in [1.82, 2.24) is 4.57 Å². The molecule has 2 aromatic carbocycles. The third-order valence-electron chi connectivity index (χ3n) is 4.16. The van der Waals surface area contributed by atoms with Crippen molar-refractivity contribution in [3.8, 4) is 5.69 Å². The van der Waals surface area contributed by atoms with Gasteiger partial charge in [0.2, 0.25) is 6.33 Å². The van der Waals surface area contributed by atoms with Crippen molar-refractivity contribution in [2.45, 2.75) is 32.2 Å². The number of thiol groups is 1. The molecular formula is C19H19Cl2N2S+. The van der Waals surface area contributed by atoms with Crippen LogP contribution in [0.3, 0.4) is 0 Å². The highest BCUT2D eigenvalue weighted by Crippen LogP contribution is 2.30. The first kappa shape index (κ1) is 17.4. The standard InChI is InChI=1S/C19H18Cl2N2S/c1-12-6-13(2)16(14(3)7-12)10-22-4-5-23(11-22)18-9-15(20)8-17(21)19(18)24/h4-9,11H,10H2,1-3H3/p+1. The maximum Gasteiger partial charge on any atom is 0.249 e. The molecule has 0 aliphatic rings. The Morgan fingerprint density at radius 2 is 1.71 bits per heavy atom. The lowest BCUT2D eigenvalue weighted by atomic mass is 10.00. The van der Waals surface area contributed by atoms with Crippen LogP contribution in [0.1, 0.15) is 22.3 Å². The van der Waals surface area contributed by atoms with Gasteiger partial charge in [-0.3, -0.25) is 0 Å². The summed E-state index contributed by atoms with van der Waals surface area (Å²) in [5, 5.41) is 1.14. The molecule has 0 atom stereocenters. The second-order valence-corrected chi connectivity index (χ2v) is 7.42. The van der Waals surface area contributed by atoms with E-state index < -0.39 is 0 Å². The summed E-state index contributed by atoms with van der Waals surface area (Å²) in [5.41, 5.74) is 6.14. The second kappa shape index (κ2) is 6.83. The topological polar surface area (TPSA) is 8.81 Å². The van der Waals surface area contributed by atoms with Crippen LogP contribution in [-0.2, 0) is 6.54 Å². The highest BCUT2D eigenvalue weighted by Gasteiger charge is 2.15. The van der Waals surface area contributed by atoms with Crippen molar-refractivity contribution in [3.05, 3.63) is 75.3 Å². The number of halogens is 2. The lowest BCUT2D eigenvalue weighted by Crippen LogP contribution is -2.32. The highest BCUT2D eigenvalue weighted by atomic mass is 35.5. The van der Waals surface area contributed by atoms with Gasteiger partial charge in [0.05, 0.1) is 9.92 Å². The van der Waals surface area contributed by atoms with Gasteiger partial charge in [0.15, 0.2) is 0 Å². The summed E-state index contributed by atoms with van der Waals surface area (Å²) in [6.07, 6.45) is 6.06. The van der Waals surface area contributed by atoms with E-state index in [-0.39, 0.29) is 0 Å². The Kier molecular flexibility index (Phi) is 4.95. The lowest BCUT2D eigenvalue weighted by molar-refractivity contribution is -0.687. The number of rotatable bonds is 3. The van der Waals surface area contributed by atoms with Crippen molar-refractivity contribution >= 4 is 35.8 Å². The molecule has 0 fully saturated rings. The Balaban J connectivity index is 1.95. The molecule has 0 unspecified atom stereocenters. The SMILES string of the molecule is Cc1cc(C)c(C[n+]2ccn(-c3cc(Cl)cc(Cl)c3S)c2)c(C)c1. The first-order chi connectivity index (χ1) is 11.3. The van der Waals surface area contributed by atoms with Gasteiger partial charge >= 0.3 is 0 Å². The molecule has 0 bridgehead atoms. The minimum absolute atomic E-state index is 0.548. The summed E-state index contributed by atoms with van der Waals surface area (Å²) < 4.78 is 4.13. The molecule has 5 heteroatoms. The van der Waals surface area contributed by atoms with Crippen LogP contribution in [0.5, 0.6) is 0 Å². The van der Waals surface area contributed by atoms with Gasteiger partial charge < -0.3 is 0 Å². The number of benzene rings is 2. The molecule has 0 N–H and O–H groups in total. The summed E-state index contributed by atoms with van der Waals surface area (Å²) in [6, 6.07) is 8.01. The van der Waals surface area contributed by atoms with Gasteiger partial charge in [0, 0.05) is 11.1 Å². The zero-order valence-electron chi connectivity index (χ0n) is 13.8. The average Bonchev–Trinajstić information content (AvgIpc) is 2.95. The van der Waals surface area contributed by atoms with Crippen molar-refractivity contribution in [2.24, 2.45) is 0 Å². The Hall–Kier alpha value is -1.42. The Morgan fingerprint density at radius 3 is 2.38 bits per heavy atom. The number of hydrogen-bond acceptors (Lipinski definition) is 1. The predicted octanol–water partition coefficient (Wildman–Crippen LogP) is 5.33. The molecule has 0 saturated heterocycles. The maximum absolute atomic E-state index is 6.18. The van der Waals surface area contributed by atoms with E-state index in [2.05, 4.69) is 50.1 Å². The van der Waals surface area contributed by atoms with Crippen LogP contribution in [-0.4, -0.2) is 4.57 Å². The van der Waals surface area contributed by atoms with Gasteiger partial charge in [-0.1, -0.05) is 40.9 Å². The first-order valence-corrected chi connectivity index (χ1v) is 8.87. The van der Waals surface area contributed by atoms with E-state index in [1.807, 2.05) is 29.4 Å². The molecule has 0 spiro atoms. The smallest absolute Gasteiger partial charge is 0.232 e. The quantitative estimate of drug-likeness (QED) is 0.466. The Labute approximate surface area is 158 Å². The number of imidazole rings is 1. The fourth-order valence-corrected chi connectivity index (χ4v) is 3.75. The van der Waals surface area contributed by atoms with Crippen LogP contribution in [0.4, 0.5) is 0 Å². The summed E-state index contributed by atoms with van der Waals surface area (Å²) >= 11 is 16.8. The number of nitrogens with zero attached hydrogens (tertiary/aromatic N) is 2. The van der Waals surface area contributed by atoms with Crippen LogP contribution in [0.15, 0.2) is 47.9 Å². The van der Waals surface area contributed by atoms with Gasteiger partial charge in [-0.15, -0.1) is 12.6 Å². The molecule has 124 valence electrons. The molecule has 1 aromatic heterocycles. The fourth-order valence-electron chi connectivity index (χ4n) is 3.02. The van der Waals surface area contributed by atoms with Gasteiger partial charge in [-0.25, -0.2) is 9.13 Å². The summed E-state index contributed by atoms with van der Waals surface area (Å²) in [4.78, 5) is 0.714. The number of aromatic nitrogens is 2. The molecule has 2 nitrogen and oxygen atoms in total. The second-order valence-electron chi connectivity index (χ2n) is 6.13. The Bertz CT molecular complexity index is 893. The van der Waals surface area contributed by atoms with Crippen molar-refractivity contribution < 1.29 is 4.57 Å². The van der Waals surface area contributed by atoms with Crippen LogP contribution in [0.2, 0.25) is 10.0 Å². The van der Waals surface area contributed by atoms with Crippen LogP contribution in [0, 0.1) is 20.8 Å². The molecule has 24 heavy (non-hydrogen) atoms. The van der Waals surface area contributed by atoms with Gasteiger partial charge in [-0.2, -0.15) is 0 Å². The third-order valence-corrected chi connectivity index (χ3v) is 5.28. The molecule has 0 amide bonds. The summed E-state index contributed by atoms with van der Waals surface area (Å²) in [7, 11) is 0. The van der Waals surface area contributed by atoms with Crippen molar-refractivity contribution in [2.75, 3.05) is 0 Å². The third kappa shape index (κ3) is 3.49. The fraction of sp³-hybridized carbons (Fsp3) is 0.211. The zero-order valence-corrected chi connectivity index (χ0v) is 16.3. The summed E-state index contributed by atoms with van der Waals surface area (Å²) in [5.74, 6) is 0. The van der Waals surface area contributed by atoms with E-state index in [9.17, 15) is 0 Å².